The van der Waals surface area contributed by atoms with E-state index in [1.807, 2.05) is 6.08 Å². The van der Waals surface area contributed by atoms with Crippen molar-refractivity contribution in [2.75, 3.05) is 0 Å². The van der Waals surface area contributed by atoms with Crippen LogP contribution in [0.5, 0.6) is 0 Å². The van der Waals surface area contributed by atoms with Crippen molar-refractivity contribution < 1.29 is 18.4 Å². The minimum Gasteiger partial charge on any atom is -0.414 e. The predicted molar refractivity (Wildman–Crippen MR) is 156 cm³/mol. The third kappa shape index (κ3) is 4.27. The lowest BCUT2D eigenvalue weighted by Gasteiger charge is -2.60. The van der Waals surface area contributed by atoms with Gasteiger partial charge in [0.15, 0.2) is 22.4 Å². The first-order valence-corrected chi connectivity index (χ1v) is 20.6. The molecule has 7 atom stereocenters. The highest BCUT2D eigenvalue weighted by molar-refractivity contribution is 6.74. The van der Waals surface area contributed by atoms with Gasteiger partial charge >= 0.3 is 0 Å². The van der Waals surface area contributed by atoms with E-state index in [0.29, 0.717) is 11.8 Å². The van der Waals surface area contributed by atoms with Crippen molar-refractivity contribution in [3.63, 3.8) is 0 Å². The number of carbonyl (C=O) groups excluding carboxylic acids is 1. The van der Waals surface area contributed by atoms with E-state index in [1.165, 1.54) is 5.57 Å². The predicted octanol–water partition coefficient (Wildman–Crippen LogP) is 7.96. The molecule has 0 aromatic rings. The van der Waals surface area contributed by atoms with Gasteiger partial charge in [0.05, 0.1) is 11.7 Å². The normalized spacial score (nSPS) is 41.8. The fourth-order valence-electron chi connectivity index (χ4n) is 7.96. The molecule has 2 saturated heterocycles. The number of carbonyl (C=O) groups is 1. The minimum absolute atomic E-state index is 0.106. The first-order valence-electron chi connectivity index (χ1n) is 14.7. The average Bonchev–Trinajstić information content (AvgIpc) is 3.21. The van der Waals surface area contributed by atoms with Gasteiger partial charge in [0.1, 0.15) is 5.60 Å². The average molecular weight is 545 g/mol. The molecule has 2 bridgehead atoms. The molecule has 2 heterocycles. The van der Waals surface area contributed by atoms with Crippen LogP contribution < -0.4 is 0 Å². The molecule has 6 heteroatoms. The number of allylic oxidation sites excluding steroid dienone is 2. The van der Waals surface area contributed by atoms with Crippen LogP contribution in [-0.4, -0.2) is 45.8 Å². The van der Waals surface area contributed by atoms with Gasteiger partial charge in [-0.15, -0.1) is 0 Å². The summed E-state index contributed by atoms with van der Waals surface area (Å²) in [6.07, 6.45) is 12.4. The summed E-state index contributed by atoms with van der Waals surface area (Å²) in [5.41, 5.74) is 0.742. The van der Waals surface area contributed by atoms with Crippen LogP contribution >= 0.6 is 0 Å². The second-order valence-electron chi connectivity index (χ2n) is 16.4. The van der Waals surface area contributed by atoms with Crippen LogP contribution in [0.15, 0.2) is 23.8 Å². The van der Waals surface area contributed by atoms with E-state index >= 15 is 0 Å². The number of hydrogen-bond donors (Lipinski definition) is 0. The number of fused-ring (bicyclic) bond motifs is 1. The molecule has 0 radical (unpaired) electrons. The first-order chi connectivity index (χ1) is 16.7. The highest BCUT2D eigenvalue weighted by Gasteiger charge is 2.71. The lowest BCUT2D eigenvalue weighted by Crippen LogP contribution is -2.64. The zero-order valence-corrected chi connectivity index (χ0v) is 27.4. The Morgan fingerprint density at radius 3 is 2.19 bits per heavy atom. The van der Waals surface area contributed by atoms with E-state index in [9.17, 15) is 4.79 Å². The summed E-state index contributed by atoms with van der Waals surface area (Å²) in [7, 11) is -3.87. The molecule has 5 aliphatic rings. The Morgan fingerprint density at radius 1 is 0.946 bits per heavy atom. The molecule has 4 fully saturated rings. The number of ketones is 1. The SMILES string of the molecule is CC(C)(C)[Si](C)(C)O[C@@H]1C[C@@H]2[C@@](C)(C1)C[C@@H](O[Si](C)(C)C(C)(C)C)[C@@H]1CC3=CC(=O)C=C[C@]34CC[C@]21O4. The molecule has 0 amide bonds. The van der Waals surface area contributed by atoms with Crippen LogP contribution in [0.1, 0.15) is 87.0 Å². The summed E-state index contributed by atoms with van der Waals surface area (Å²) in [6.45, 7) is 26.1. The quantitative estimate of drug-likeness (QED) is 0.337. The Kier molecular flexibility index (Phi) is 6.24. The summed E-state index contributed by atoms with van der Waals surface area (Å²) in [5, 5.41) is 0.355. The Bertz CT molecular complexity index is 1030. The number of rotatable bonds is 4. The fourth-order valence-corrected chi connectivity index (χ4v) is 10.7. The monoisotopic (exact) mass is 544 g/mol. The minimum atomic E-state index is -2.00. The van der Waals surface area contributed by atoms with Crippen molar-refractivity contribution in [1.29, 1.82) is 0 Å². The van der Waals surface area contributed by atoms with Gasteiger partial charge in [-0.1, -0.05) is 48.5 Å². The standard InChI is InChI=1S/C31H52O4Si2/c1-27(2,3)36(8,9)33-23-18-26-29(7,19-23)20-25(34-37(10,11)28(4,5)6)24-17-21-16-22(32)12-13-30(21)14-15-31(24,26)35-30/h12-13,16,23-26H,14-15,17-20H2,1-11H3/t23-,24+,25-,26-,29+,30+,31-/m1/s1. The highest BCUT2D eigenvalue weighted by atomic mass is 28.4. The first kappa shape index (κ1) is 28.0. The Labute approximate surface area is 228 Å². The second-order valence-corrected chi connectivity index (χ2v) is 25.9. The van der Waals surface area contributed by atoms with E-state index in [-0.39, 0.29) is 44.7 Å². The van der Waals surface area contributed by atoms with E-state index in [4.69, 9.17) is 13.6 Å². The lowest BCUT2D eigenvalue weighted by atomic mass is 9.55. The zero-order valence-electron chi connectivity index (χ0n) is 25.4. The van der Waals surface area contributed by atoms with Gasteiger partial charge in [-0.25, -0.2) is 0 Å². The van der Waals surface area contributed by atoms with Crippen molar-refractivity contribution in [2.45, 2.75) is 147 Å². The molecule has 0 aromatic heterocycles. The maximum atomic E-state index is 12.4. The van der Waals surface area contributed by atoms with E-state index < -0.39 is 16.6 Å². The summed E-state index contributed by atoms with van der Waals surface area (Å²) in [5.74, 6) is 0.869. The van der Waals surface area contributed by atoms with Gasteiger partial charge in [0.2, 0.25) is 0 Å². The third-order valence-corrected chi connectivity index (χ3v) is 21.0. The molecular weight excluding hydrogens is 493 g/mol. The maximum absolute atomic E-state index is 12.4. The van der Waals surface area contributed by atoms with Gasteiger partial charge in [-0.2, -0.15) is 0 Å². The third-order valence-electron chi connectivity index (χ3n) is 12.0. The van der Waals surface area contributed by atoms with Gasteiger partial charge in [0.25, 0.3) is 0 Å². The van der Waals surface area contributed by atoms with Crippen LogP contribution in [0.4, 0.5) is 0 Å². The number of hydrogen-bond acceptors (Lipinski definition) is 4. The van der Waals surface area contributed by atoms with Gasteiger partial charge in [-0.3, -0.25) is 4.79 Å². The van der Waals surface area contributed by atoms with Crippen LogP contribution in [-0.2, 0) is 18.4 Å². The van der Waals surface area contributed by atoms with Crippen molar-refractivity contribution in [3.05, 3.63) is 23.8 Å². The molecule has 5 rings (SSSR count). The maximum Gasteiger partial charge on any atom is 0.192 e. The van der Waals surface area contributed by atoms with Gasteiger partial charge < -0.3 is 13.6 Å². The summed E-state index contributed by atoms with van der Waals surface area (Å²) >= 11 is 0. The van der Waals surface area contributed by atoms with E-state index in [0.717, 1.165) is 38.5 Å². The molecule has 2 aliphatic heterocycles. The molecule has 4 nitrogen and oxygen atoms in total. The van der Waals surface area contributed by atoms with Crippen LogP contribution in [0.25, 0.3) is 0 Å². The number of ether oxygens (including phenoxy) is 1. The molecule has 3 aliphatic carbocycles. The van der Waals surface area contributed by atoms with E-state index in [1.54, 1.807) is 6.08 Å². The van der Waals surface area contributed by atoms with Crippen LogP contribution in [0, 0.1) is 17.3 Å². The topological polar surface area (TPSA) is 44.8 Å². The largest absolute Gasteiger partial charge is 0.414 e. The molecule has 208 valence electrons. The molecule has 0 N–H and O–H groups in total. The van der Waals surface area contributed by atoms with E-state index in [2.05, 4.69) is 80.7 Å². The Hall–Kier alpha value is -0.536. The van der Waals surface area contributed by atoms with Crippen molar-refractivity contribution >= 4 is 22.4 Å². The fraction of sp³-hybridized carbons (Fsp3) is 0.839. The van der Waals surface area contributed by atoms with Gasteiger partial charge in [-0.05, 0) is 110 Å². The zero-order chi connectivity index (χ0) is 27.4. The molecule has 0 unspecified atom stereocenters. The van der Waals surface area contributed by atoms with Crippen LogP contribution in [0.3, 0.4) is 0 Å². The molecule has 2 spiro atoms. The summed E-state index contributed by atoms with van der Waals surface area (Å²) in [4.78, 5) is 12.4. The van der Waals surface area contributed by atoms with Gasteiger partial charge in [0, 0.05) is 12.0 Å². The lowest BCUT2D eigenvalue weighted by molar-refractivity contribution is -0.222. The smallest absolute Gasteiger partial charge is 0.192 e. The summed E-state index contributed by atoms with van der Waals surface area (Å²) < 4.78 is 21.8. The van der Waals surface area contributed by atoms with Crippen molar-refractivity contribution in [1.82, 2.24) is 0 Å². The van der Waals surface area contributed by atoms with Crippen molar-refractivity contribution in [2.24, 2.45) is 17.3 Å². The molecule has 37 heavy (non-hydrogen) atoms. The molecule has 2 saturated carbocycles. The highest BCUT2D eigenvalue weighted by Crippen LogP contribution is 2.69. The van der Waals surface area contributed by atoms with Crippen LogP contribution in [0.2, 0.25) is 36.3 Å². The second kappa shape index (κ2) is 8.25. The Morgan fingerprint density at radius 2 is 1.57 bits per heavy atom. The Balaban J connectivity index is 1.54. The molecular formula is C31H52O4Si2. The molecule has 0 aromatic carbocycles. The van der Waals surface area contributed by atoms with Crippen molar-refractivity contribution in [3.8, 4) is 0 Å². The summed E-state index contributed by atoms with van der Waals surface area (Å²) in [6, 6.07) is 0.